The fourth-order valence-corrected chi connectivity index (χ4v) is 0. The van der Waals surface area contributed by atoms with Gasteiger partial charge in [0.25, 0.3) is 0 Å². The summed E-state index contributed by atoms with van der Waals surface area (Å²) in [6, 6.07) is 0. The van der Waals surface area contributed by atoms with Crippen LogP contribution in [0.5, 0.6) is 0 Å². The summed E-state index contributed by atoms with van der Waals surface area (Å²) >= 11 is -6.02. The zero-order chi connectivity index (χ0) is 4.50. The maximum atomic E-state index is 8.63. The van der Waals surface area contributed by atoms with Crippen molar-refractivity contribution in [3.63, 3.8) is 0 Å². The van der Waals surface area contributed by atoms with Crippen LogP contribution in [0.15, 0.2) is 0 Å². The Kier molecular flexibility index (Phi) is 42.3. The molecular formula is H14MoN2O4P2. The molecule has 0 heterocycles. The fraction of sp³-hybridized carbons (Fsp3) is 0. The van der Waals surface area contributed by atoms with Gasteiger partial charge in [-0.25, -0.2) is 0 Å². The van der Waals surface area contributed by atoms with Gasteiger partial charge in [-0.3, -0.25) is 0 Å². The second-order valence-electron chi connectivity index (χ2n) is 0.408. The third-order valence-electron chi connectivity index (χ3n) is 0. The van der Waals surface area contributed by atoms with Crippen molar-refractivity contribution >= 4 is 19.8 Å². The van der Waals surface area contributed by atoms with Gasteiger partial charge in [0.2, 0.25) is 0 Å². The van der Waals surface area contributed by atoms with E-state index >= 15 is 0 Å². The molecule has 9 heavy (non-hydrogen) atoms. The van der Waals surface area contributed by atoms with Crippen LogP contribution >= 0.6 is 19.8 Å². The Labute approximate surface area is 63.5 Å². The minimum atomic E-state index is -6.02. The molecule has 0 bridgehead atoms. The molecule has 8 N–H and O–H groups in total. The summed E-state index contributed by atoms with van der Waals surface area (Å²) in [4.78, 5) is 0. The van der Waals surface area contributed by atoms with Gasteiger partial charge in [-0.15, -0.1) is 0 Å². The van der Waals surface area contributed by atoms with Crippen LogP contribution in [0.3, 0.4) is 0 Å². The molecule has 2 atom stereocenters. The van der Waals surface area contributed by atoms with E-state index in [1.807, 2.05) is 0 Å². The predicted molar refractivity (Wildman–Crippen MR) is 35.6 cm³/mol. The third kappa shape index (κ3) is 449. The molecule has 0 aliphatic carbocycles. The first-order valence-electron chi connectivity index (χ1n) is 0.667. The molecule has 6 nitrogen and oxygen atoms in total. The van der Waals surface area contributed by atoms with Crippen LogP contribution in [0.4, 0.5) is 0 Å². The van der Waals surface area contributed by atoms with Crippen LogP contribution in [-0.4, -0.2) is 0 Å². The van der Waals surface area contributed by atoms with E-state index in [0.29, 0.717) is 0 Å². The Hall–Kier alpha value is 0.988. The third-order valence-corrected chi connectivity index (χ3v) is 0. The van der Waals surface area contributed by atoms with Gasteiger partial charge >= 0.3 is 31.1 Å². The van der Waals surface area contributed by atoms with Crippen LogP contribution in [0.1, 0.15) is 0 Å². The van der Waals surface area contributed by atoms with Gasteiger partial charge in [0.05, 0.1) is 0 Å². The summed E-state index contributed by atoms with van der Waals surface area (Å²) < 4.78 is 34.5. The van der Waals surface area contributed by atoms with E-state index in [-0.39, 0.29) is 32.1 Å². The maximum absolute atomic E-state index is 8.63. The topological polar surface area (TPSA) is 153 Å². The summed E-state index contributed by atoms with van der Waals surface area (Å²) in [5.74, 6) is 0. The van der Waals surface area contributed by atoms with Gasteiger partial charge in [-0.2, -0.15) is 19.8 Å². The molecule has 0 aromatic rings. The van der Waals surface area contributed by atoms with E-state index in [9.17, 15) is 0 Å². The zero-order valence-electron chi connectivity index (χ0n) is 5.46. The van der Waals surface area contributed by atoms with Crippen LogP contribution in [0, 0.1) is 0 Å². The molecule has 64 valence electrons. The molecule has 0 radical (unpaired) electrons. The number of rotatable bonds is 0. The molecule has 0 aliphatic rings. The van der Waals surface area contributed by atoms with Crippen molar-refractivity contribution in [1.29, 1.82) is 0 Å². The Morgan fingerprint density at radius 3 is 0.889 bits per heavy atom. The standard InChI is InChI=1S/Mo.2H3N.4O.2H3P/h;2*1H3;;;;;2*1H3/q;;;;;2*-1;;/p+2. The normalized spacial score (nSPS) is 6.44. The Morgan fingerprint density at radius 2 is 0.889 bits per heavy atom. The summed E-state index contributed by atoms with van der Waals surface area (Å²) in [6.07, 6.45) is 0. The average Bonchev–Trinajstić information content (AvgIpc) is 0.722. The van der Waals surface area contributed by atoms with Crippen molar-refractivity contribution in [2.75, 3.05) is 0 Å². The number of hydrogen-bond acceptors (Lipinski definition) is 4. The molecule has 0 saturated heterocycles. The van der Waals surface area contributed by atoms with E-state index in [4.69, 9.17) is 14.3 Å². The second-order valence-corrected chi connectivity index (χ2v) is 2.42. The van der Waals surface area contributed by atoms with Crippen LogP contribution in [0.25, 0.3) is 0 Å². The first-order valence-corrected chi connectivity index (χ1v) is 3.94. The summed E-state index contributed by atoms with van der Waals surface area (Å²) in [7, 11) is 0. The summed E-state index contributed by atoms with van der Waals surface area (Å²) in [5.41, 5.74) is 0. The molecule has 0 aromatic carbocycles. The first-order chi connectivity index (χ1) is 2.00. The Bertz CT molecular complexity index is 99.7. The quantitative estimate of drug-likeness (QED) is 0.393. The first kappa shape index (κ1) is 32.4. The number of hydrogen-bond donors (Lipinski definition) is 2. The van der Waals surface area contributed by atoms with E-state index in [2.05, 4.69) is 0 Å². The van der Waals surface area contributed by atoms with Crippen LogP contribution < -0.4 is 19.8 Å². The zero-order valence-corrected chi connectivity index (χ0v) is 10.3. The van der Waals surface area contributed by atoms with Crippen molar-refractivity contribution in [2.24, 2.45) is 0 Å². The monoisotopic (exact) mass is 266 g/mol. The molecular weight excluding hydrogens is 250 g/mol. The van der Waals surface area contributed by atoms with Gasteiger partial charge in [-0.05, 0) is 0 Å². The van der Waals surface area contributed by atoms with E-state index in [1.54, 1.807) is 0 Å². The molecule has 2 unspecified atom stereocenters. The molecule has 0 saturated carbocycles. The van der Waals surface area contributed by atoms with Crippen molar-refractivity contribution in [3.05, 3.63) is 0 Å². The Balaban J connectivity index is -0.0000000133. The summed E-state index contributed by atoms with van der Waals surface area (Å²) in [5, 5.41) is 0. The molecule has 0 spiro atoms. The predicted octanol–water partition coefficient (Wildman–Crippen LogP) is -1.75. The van der Waals surface area contributed by atoms with Gasteiger partial charge < -0.3 is 12.3 Å². The molecule has 0 aromatic heterocycles. The van der Waals surface area contributed by atoms with Crippen molar-refractivity contribution < 1.29 is 31.1 Å². The van der Waals surface area contributed by atoms with E-state index in [0.717, 1.165) is 0 Å². The molecule has 9 heteroatoms. The van der Waals surface area contributed by atoms with E-state index in [1.165, 1.54) is 0 Å². The minimum absolute atomic E-state index is 0. The van der Waals surface area contributed by atoms with Gasteiger partial charge in [0, 0.05) is 0 Å². The van der Waals surface area contributed by atoms with Gasteiger partial charge in [0.15, 0.2) is 0 Å². The van der Waals surface area contributed by atoms with Crippen molar-refractivity contribution in [2.45, 2.75) is 0 Å². The second kappa shape index (κ2) is 11.7. The summed E-state index contributed by atoms with van der Waals surface area (Å²) in [6.45, 7) is 0. The molecule has 0 amide bonds. The SMILES string of the molecule is P.P.[NH4+].[NH4+].[O]=[Mo](=[O])([O-])[O-]. The number of quaternary nitrogens is 2. The molecule has 0 aliphatic heterocycles. The van der Waals surface area contributed by atoms with E-state index < -0.39 is 16.7 Å². The van der Waals surface area contributed by atoms with Gasteiger partial charge in [-0.1, -0.05) is 0 Å². The van der Waals surface area contributed by atoms with Crippen molar-refractivity contribution in [1.82, 2.24) is 12.3 Å². The Morgan fingerprint density at radius 1 is 0.889 bits per heavy atom. The average molecular weight is 264 g/mol. The molecule has 0 fully saturated rings. The van der Waals surface area contributed by atoms with Gasteiger partial charge in [0.1, 0.15) is 0 Å². The van der Waals surface area contributed by atoms with Crippen LogP contribution in [-0.2, 0) is 23.5 Å². The van der Waals surface area contributed by atoms with Crippen molar-refractivity contribution in [3.8, 4) is 0 Å². The van der Waals surface area contributed by atoms with Crippen LogP contribution in [0.2, 0.25) is 0 Å². The fourth-order valence-electron chi connectivity index (χ4n) is 0. The molecule has 0 rings (SSSR count).